The molecular weight excluding hydrogens is 336 g/mol. The number of pyridine rings is 1. The zero-order chi connectivity index (χ0) is 18.7. The summed E-state index contributed by atoms with van der Waals surface area (Å²) in [6.07, 6.45) is 1.29. The first-order chi connectivity index (χ1) is 12.5. The van der Waals surface area contributed by atoms with E-state index < -0.39 is 16.7 Å². The Labute approximate surface area is 147 Å². The highest BCUT2D eigenvalue weighted by molar-refractivity contribution is 6.52. The molecule has 0 bridgehead atoms. The summed E-state index contributed by atoms with van der Waals surface area (Å²) < 4.78 is 0. The molecule has 0 atom stereocenters. The summed E-state index contributed by atoms with van der Waals surface area (Å²) in [5, 5.41) is 20.9. The number of nitrogens with zero attached hydrogens (tertiary/aromatic N) is 2. The topological polar surface area (TPSA) is 110 Å². The lowest BCUT2D eigenvalue weighted by atomic mass is 10.0. The van der Waals surface area contributed by atoms with E-state index in [1.165, 1.54) is 24.3 Å². The Bertz CT molecular complexity index is 1070. The maximum absolute atomic E-state index is 12.2. The summed E-state index contributed by atoms with van der Waals surface area (Å²) in [5.41, 5.74) is 0.811. The van der Waals surface area contributed by atoms with Gasteiger partial charge in [0.1, 0.15) is 0 Å². The zero-order valence-electron chi connectivity index (χ0n) is 13.3. The molecule has 0 unspecified atom stereocenters. The van der Waals surface area contributed by atoms with Crippen LogP contribution >= 0.6 is 0 Å². The van der Waals surface area contributed by atoms with E-state index in [9.17, 15) is 19.7 Å². The monoisotopic (exact) mass is 348 g/mol. The van der Waals surface area contributed by atoms with Crippen LogP contribution in [0, 0.1) is 10.1 Å². The molecule has 0 saturated carbocycles. The number of non-ortho nitro benzene ring substituents is 1. The number of carboxylic acids is 1. The fourth-order valence-corrected chi connectivity index (χ4v) is 2.48. The average Bonchev–Trinajstić information content (AvgIpc) is 2.65. The predicted octanol–water partition coefficient (Wildman–Crippen LogP) is 3.34. The van der Waals surface area contributed by atoms with Gasteiger partial charge < -0.3 is 5.11 Å². The maximum atomic E-state index is 12.2. The largest absolute Gasteiger partial charge is 0.475 e. The Kier molecular flexibility index (Phi) is 4.53. The van der Waals surface area contributed by atoms with Crippen LogP contribution in [0.25, 0.3) is 22.6 Å². The molecule has 0 radical (unpaired) electrons. The summed E-state index contributed by atoms with van der Waals surface area (Å²) in [6.45, 7) is 0. The number of ketones is 1. The van der Waals surface area contributed by atoms with Crippen molar-refractivity contribution < 1.29 is 19.6 Å². The number of hydrogen-bond donors (Lipinski definition) is 1. The normalized spacial score (nSPS) is 11.3. The third kappa shape index (κ3) is 3.46. The van der Waals surface area contributed by atoms with Crippen LogP contribution in [0.1, 0.15) is 11.3 Å². The molecule has 1 heterocycles. The minimum atomic E-state index is -1.63. The fourth-order valence-electron chi connectivity index (χ4n) is 2.48. The molecule has 0 aliphatic heterocycles. The smallest absolute Gasteiger partial charge is 0.377 e. The summed E-state index contributed by atoms with van der Waals surface area (Å²) >= 11 is 0. The SMILES string of the molecule is O=C(O)C(=O)/C(=C/c1cccc([N+](=O)[O-])c1)c1ccc2ccccc2n1. The van der Waals surface area contributed by atoms with Crippen LogP contribution in [-0.2, 0) is 9.59 Å². The second kappa shape index (κ2) is 6.94. The molecule has 7 heteroatoms. The summed E-state index contributed by atoms with van der Waals surface area (Å²) in [5.74, 6) is -2.77. The van der Waals surface area contributed by atoms with Gasteiger partial charge in [0.05, 0.1) is 21.7 Å². The molecule has 7 nitrogen and oxygen atoms in total. The molecule has 0 aliphatic rings. The molecule has 1 N–H and O–H groups in total. The number of carbonyl (C=O) groups excluding carboxylic acids is 1. The third-order valence-electron chi connectivity index (χ3n) is 3.71. The van der Waals surface area contributed by atoms with Crippen molar-refractivity contribution in [2.75, 3.05) is 0 Å². The number of nitro benzene ring substituents is 1. The summed E-state index contributed by atoms with van der Waals surface area (Å²) in [4.78, 5) is 38.1. The van der Waals surface area contributed by atoms with Crippen molar-refractivity contribution in [1.82, 2.24) is 4.98 Å². The van der Waals surface area contributed by atoms with Crippen LogP contribution in [0.4, 0.5) is 5.69 Å². The predicted molar refractivity (Wildman–Crippen MR) is 95.4 cm³/mol. The highest BCUT2D eigenvalue weighted by Gasteiger charge is 2.21. The first-order valence-electron chi connectivity index (χ1n) is 7.55. The quantitative estimate of drug-likeness (QED) is 0.328. The van der Waals surface area contributed by atoms with Crippen molar-refractivity contribution in [2.24, 2.45) is 0 Å². The maximum Gasteiger partial charge on any atom is 0.377 e. The van der Waals surface area contributed by atoms with Gasteiger partial charge in [0, 0.05) is 17.5 Å². The van der Waals surface area contributed by atoms with Crippen molar-refractivity contribution >= 4 is 40.0 Å². The van der Waals surface area contributed by atoms with E-state index >= 15 is 0 Å². The Morgan fingerprint density at radius 3 is 2.54 bits per heavy atom. The number of carbonyl (C=O) groups is 2. The number of benzene rings is 2. The van der Waals surface area contributed by atoms with Crippen LogP contribution in [0.2, 0.25) is 0 Å². The van der Waals surface area contributed by atoms with Gasteiger partial charge in [-0.25, -0.2) is 9.78 Å². The summed E-state index contributed by atoms with van der Waals surface area (Å²) in [6, 6.07) is 16.1. The number of hydrogen-bond acceptors (Lipinski definition) is 5. The average molecular weight is 348 g/mol. The zero-order valence-corrected chi connectivity index (χ0v) is 13.3. The van der Waals surface area contributed by atoms with Crippen molar-refractivity contribution in [1.29, 1.82) is 0 Å². The second-order valence-electron chi connectivity index (χ2n) is 5.43. The molecule has 0 fully saturated rings. The van der Waals surface area contributed by atoms with Gasteiger partial charge in [-0.3, -0.25) is 14.9 Å². The molecule has 0 saturated heterocycles. The standard InChI is InChI=1S/C19H12N2O5/c22-18(19(23)24)15(11-12-4-3-6-14(10-12)21(25)26)17-9-8-13-5-1-2-7-16(13)20-17/h1-11H,(H,23,24)/b15-11+. The number of rotatable bonds is 5. The van der Waals surface area contributed by atoms with Gasteiger partial charge in [-0.1, -0.05) is 36.4 Å². The lowest BCUT2D eigenvalue weighted by Gasteiger charge is -2.06. The van der Waals surface area contributed by atoms with Crippen molar-refractivity contribution in [3.05, 3.63) is 82.0 Å². The Morgan fingerprint density at radius 2 is 1.81 bits per heavy atom. The minimum absolute atomic E-state index is 0.149. The van der Waals surface area contributed by atoms with Gasteiger partial charge in [0.25, 0.3) is 11.5 Å². The van der Waals surface area contributed by atoms with Crippen LogP contribution in [0.5, 0.6) is 0 Å². The van der Waals surface area contributed by atoms with Crippen LogP contribution in [0.3, 0.4) is 0 Å². The first-order valence-corrected chi connectivity index (χ1v) is 7.55. The van der Waals surface area contributed by atoms with Crippen LogP contribution in [0.15, 0.2) is 60.7 Å². The summed E-state index contributed by atoms with van der Waals surface area (Å²) in [7, 11) is 0. The van der Waals surface area contributed by atoms with Gasteiger partial charge in [-0.15, -0.1) is 0 Å². The molecule has 26 heavy (non-hydrogen) atoms. The molecule has 128 valence electrons. The lowest BCUT2D eigenvalue weighted by molar-refractivity contribution is -0.384. The van der Waals surface area contributed by atoms with Crippen LogP contribution < -0.4 is 0 Å². The number of nitro groups is 1. The molecule has 0 amide bonds. The Balaban J connectivity index is 2.15. The van der Waals surface area contributed by atoms with Crippen LogP contribution in [-0.4, -0.2) is 26.8 Å². The number of aromatic nitrogens is 1. The minimum Gasteiger partial charge on any atom is -0.475 e. The van der Waals surface area contributed by atoms with Crippen molar-refractivity contribution in [3.63, 3.8) is 0 Å². The highest BCUT2D eigenvalue weighted by atomic mass is 16.6. The number of Topliss-reactive ketones (excluding diaryl/α,β-unsaturated/α-hetero) is 1. The van der Waals surface area contributed by atoms with Gasteiger partial charge in [-0.05, 0) is 23.8 Å². The molecule has 0 spiro atoms. The Morgan fingerprint density at radius 1 is 1.04 bits per heavy atom. The number of carboxylic acid groups (broad SMARTS) is 1. The van der Waals surface area contributed by atoms with Crippen molar-refractivity contribution in [3.8, 4) is 0 Å². The lowest BCUT2D eigenvalue weighted by Crippen LogP contribution is -2.15. The fraction of sp³-hybridized carbons (Fsp3) is 0. The highest BCUT2D eigenvalue weighted by Crippen LogP contribution is 2.23. The Hall–Kier alpha value is -3.87. The van der Waals surface area contributed by atoms with E-state index in [4.69, 9.17) is 5.11 Å². The molecule has 2 aromatic carbocycles. The molecule has 3 aromatic rings. The van der Waals surface area contributed by atoms with E-state index in [0.29, 0.717) is 11.1 Å². The van der Waals surface area contributed by atoms with E-state index in [1.54, 1.807) is 30.3 Å². The second-order valence-corrected chi connectivity index (χ2v) is 5.43. The van der Waals surface area contributed by atoms with Gasteiger partial charge >= 0.3 is 5.97 Å². The van der Waals surface area contributed by atoms with Gasteiger partial charge in [0.2, 0.25) is 0 Å². The molecular formula is C19H12N2O5. The number of aliphatic carboxylic acids is 1. The van der Waals surface area contributed by atoms with E-state index in [-0.39, 0.29) is 17.0 Å². The first kappa shape index (κ1) is 17.0. The van der Waals surface area contributed by atoms with E-state index in [0.717, 1.165) is 5.39 Å². The molecule has 1 aromatic heterocycles. The van der Waals surface area contributed by atoms with E-state index in [2.05, 4.69) is 4.98 Å². The van der Waals surface area contributed by atoms with E-state index in [1.807, 2.05) is 12.1 Å². The third-order valence-corrected chi connectivity index (χ3v) is 3.71. The molecule has 3 rings (SSSR count). The number of fused-ring (bicyclic) bond motifs is 1. The van der Waals surface area contributed by atoms with Gasteiger partial charge in [-0.2, -0.15) is 0 Å². The number of para-hydroxylation sites is 1. The van der Waals surface area contributed by atoms with Crippen molar-refractivity contribution in [2.45, 2.75) is 0 Å². The molecule has 0 aliphatic carbocycles. The van der Waals surface area contributed by atoms with Gasteiger partial charge in [0.15, 0.2) is 0 Å².